The Morgan fingerprint density at radius 2 is 2.00 bits per heavy atom. The van der Waals surface area contributed by atoms with E-state index in [1.54, 1.807) is 6.07 Å². The summed E-state index contributed by atoms with van der Waals surface area (Å²) in [5.41, 5.74) is 6.54. The highest BCUT2D eigenvalue weighted by molar-refractivity contribution is 6.34. The Hall–Kier alpha value is -0.810. The highest BCUT2D eigenvalue weighted by Crippen LogP contribution is 2.19. The molecule has 0 saturated heterocycles. The molecule has 1 rings (SSSR count). The van der Waals surface area contributed by atoms with E-state index in [4.69, 9.17) is 33.7 Å². The van der Waals surface area contributed by atoms with Crippen molar-refractivity contribution in [1.29, 1.82) is 0 Å². The van der Waals surface area contributed by atoms with Crippen molar-refractivity contribution >= 4 is 29.1 Å². The fourth-order valence-corrected chi connectivity index (χ4v) is 2.04. The third-order valence-corrected chi connectivity index (χ3v) is 2.75. The van der Waals surface area contributed by atoms with Gasteiger partial charge in [0, 0.05) is 23.7 Å². The van der Waals surface area contributed by atoms with Crippen LogP contribution in [0.1, 0.15) is 5.56 Å². The quantitative estimate of drug-likeness (QED) is 0.837. The molecule has 0 fully saturated rings. The number of carbonyl (C=O) groups excluding carboxylic acids is 1. The summed E-state index contributed by atoms with van der Waals surface area (Å²) in [6.07, 6.45) is 0.645. The van der Waals surface area contributed by atoms with Crippen molar-refractivity contribution in [3.63, 3.8) is 0 Å². The molecule has 0 spiro atoms. The Kier molecular flexibility index (Phi) is 6.43. The second-order valence-electron chi connectivity index (χ2n) is 3.88. The van der Waals surface area contributed by atoms with Gasteiger partial charge in [0.15, 0.2) is 0 Å². The molecule has 1 aromatic carbocycles. The average Bonchev–Trinajstić information content (AvgIpc) is 2.27. The minimum Gasteiger partial charge on any atom is -0.383 e. The molecular formula is C12H16Cl2N2O2. The molecule has 18 heavy (non-hydrogen) atoms. The first-order chi connectivity index (χ1) is 8.52. The number of rotatable bonds is 6. The molecule has 0 saturated carbocycles. The van der Waals surface area contributed by atoms with Crippen molar-refractivity contribution in [2.75, 3.05) is 20.3 Å². The van der Waals surface area contributed by atoms with Crippen LogP contribution >= 0.6 is 23.2 Å². The first-order valence-electron chi connectivity index (χ1n) is 5.50. The third-order valence-electron chi connectivity index (χ3n) is 2.32. The Bertz CT molecular complexity index is 393. The smallest absolute Gasteiger partial charge is 0.239 e. The second-order valence-corrected chi connectivity index (χ2v) is 4.75. The Balaban J connectivity index is 2.39. The Morgan fingerprint density at radius 1 is 1.39 bits per heavy atom. The lowest BCUT2D eigenvalue weighted by Crippen LogP contribution is -2.44. The average molecular weight is 291 g/mol. The molecule has 0 aliphatic carbocycles. The standard InChI is InChI=1S/C12H16Cl2N2O2/c1-18-7-11(15)12(17)16-3-2-8-4-9(13)6-10(14)5-8/h4-6,11H,2-3,7,15H2,1H3,(H,16,17). The van der Waals surface area contributed by atoms with Crippen LogP contribution in [0, 0.1) is 0 Å². The monoisotopic (exact) mass is 290 g/mol. The summed E-state index contributed by atoms with van der Waals surface area (Å²) in [6, 6.07) is 4.65. The lowest BCUT2D eigenvalue weighted by Gasteiger charge is -2.11. The number of hydrogen-bond donors (Lipinski definition) is 2. The van der Waals surface area contributed by atoms with Gasteiger partial charge in [-0.3, -0.25) is 4.79 Å². The van der Waals surface area contributed by atoms with Gasteiger partial charge in [0.1, 0.15) is 6.04 Å². The zero-order chi connectivity index (χ0) is 13.5. The lowest BCUT2D eigenvalue weighted by atomic mass is 10.1. The molecule has 100 valence electrons. The molecule has 0 radical (unpaired) electrons. The van der Waals surface area contributed by atoms with E-state index in [0.29, 0.717) is 23.0 Å². The predicted molar refractivity (Wildman–Crippen MR) is 73.0 cm³/mol. The molecule has 0 aliphatic heterocycles. The molecule has 1 atom stereocenters. The van der Waals surface area contributed by atoms with Gasteiger partial charge in [-0.1, -0.05) is 23.2 Å². The van der Waals surface area contributed by atoms with Gasteiger partial charge in [-0.25, -0.2) is 0 Å². The fourth-order valence-electron chi connectivity index (χ4n) is 1.47. The van der Waals surface area contributed by atoms with Gasteiger partial charge >= 0.3 is 0 Å². The maximum Gasteiger partial charge on any atom is 0.239 e. The topological polar surface area (TPSA) is 64.3 Å². The highest BCUT2D eigenvalue weighted by atomic mass is 35.5. The number of amides is 1. The van der Waals surface area contributed by atoms with Crippen LogP contribution in [-0.4, -0.2) is 32.2 Å². The van der Waals surface area contributed by atoms with Gasteiger partial charge in [0.2, 0.25) is 5.91 Å². The largest absolute Gasteiger partial charge is 0.383 e. The second kappa shape index (κ2) is 7.59. The molecule has 1 amide bonds. The Labute approximate surface area is 116 Å². The van der Waals surface area contributed by atoms with Gasteiger partial charge in [-0.15, -0.1) is 0 Å². The minimum atomic E-state index is -0.641. The van der Waals surface area contributed by atoms with E-state index in [0.717, 1.165) is 5.56 Å². The lowest BCUT2D eigenvalue weighted by molar-refractivity contribution is -0.123. The fraction of sp³-hybridized carbons (Fsp3) is 0.417. The van der Waals surface area contributed by atoms with Crippen molar-refractivity contribution in [2.24, 2.45) is 5.73 Å². The van der Waals surface area contributed by atoms with Crippen molar-refractivity contribution in [1.82, 2.24) is 5.32 Å². The molecule has 3 N–H and O–H groups in total. The first kappa shape index (κ1) is 15.2. The van der Waals surface area contributed by atoms with Crippen LogP contribution < -0.4 is 11.1 Å². The van der Waals surface area contributed by atoms with E-state index in [1.807, 2.05) is 12.1 Å². The van der Waals surface area contributed by atoms with Gasteiger partial charge in [0.05, 0.1) is 6.61 Å². The van der Waals surface area contributed by atoms with Gasteiger partial charge in [-0.05, 0) is 30.2 Å². The number of carbonyl (C=O) groups is 1. The first-order valence-corrected chi connectivity index (χ1v) is 6.25. The number of methoxy groups -OCH3 is 1. The molecule has 1 aromatic rings. The van der Waals surface area contributed by atoms with E-state index in [-0.39, 0.29) is 12.5 Å². The summed E-state index contributed by atoms with van der Waals surface area (Å²) < 4.78 is 4.80. The normalized spacial score (nSPS) is 12.2. The van der Waals surface area contributed by atoms with Crippen LogP contribution in [0.4, 0.5) is 0 Å². The van der Waals surface area contributed by atoms with Crippen LogP contribution in [-0.2, 0) is 16.0 Å². The molecule has 1 unspecified atom stereocenters. The van der Waals surface area contributed by atoms with E-state index >= 15 is 0 Å². The summed E-state index contributed by atoms with van der Waals surface area (Å²) >= 11 is 11.7. The Morgan fingerprint density at radius 3 is 2.56 bits per heavy atom. The highest BCUT2D eigenvalue weighted by Gasteiger charge is 2.11. The molecule has 0 bridgehead atoms. The number of hydrogen-bond acceptors (Lipinski definition) is 3. The molecular weight excluding hydrogens is 275 g/mol. The van der Waals surface area contributed by atoms with E-state index < -0.39 is 6.04 Å². The molecule has 0 aliphatic rings. The zero-order valence-corrected chi connectivity index (χ0v) is 11.6. The molecule has 0 heterocycles. The number of nitrogens with one attached hydrogen (secondary N) is 1. The summed E-state index contributed by atoms with van der Waals surface area (Å²) in [4.78, 5) is 11.5. The van der Waals surface area contributed by atoms with Crippen molar-refractivity contribution in [3.8, 4) is 0 Å². The summed E-state index contributed by atoms with van der Waals surface area (Å²) in [5, 5.41) is 3.89. The van der Waals surface area contributed by atoms with Gasteiger partial charge in [-0.2, -0.15) is 0 Å². The van der Waals surface area contributed by atoms with Crippen molar-refractivity contribution < 1.29 is 9.53 Å². The zero-order valence-electron chi connectivity index (χ0n) is 10.1. The van der Waals surface area contributed by atoms with Gasteiger partial charge < -0.3 is 15.8 Å². The van der Waals surface area contributed by atoms with Crippen molar-refractivity contribution in [2.45, 2.75) is 12.5 Å². The SMILES string of the molecule is COCC(N)C(=O)NCCc1cc(Cl)cc(Cl)c1. The summed E-state index contributed by atoms with van der Waals surface area (Å²) in [5.74, 6) is -0.232. The molecule has 4 nitrogen and oxygen atoms in total. The van der Waals surface area contributed by atoms with Crippen LogP contribution in [0.15, 0.2) is 18.2 Å². The van der Waals surface area contributed by atoms with E-state index in [9.17, 15) is 4.79 Å². The van der Waals surface area contributed by atoms with Crippen molar-refractivity contribution in [3.05, 3.63) is 33.8 Å². The predicted octanol–water partition coefficient (Wildman–Crippen LogP) is 1.63. The number of ether oxygens (including phenoxy) is 1. The van der Waals surface area contributed by atoms with E-state index in [1.165, 1.54) is 7.11 Å². The van der Waals surface area contributed by atoms with Gasteiger partial charge in [0.25, 0.3) is 0 Å². The third kappa shape index (κ3) is 5.23. The maximum atomic E-state index is 11.5. The van der Waals surface area contributed by atoms with Crippen LogP contribution in [0.25, 0.3) is 0 Å². The maximum absolute atomic E-state index is 11.5. The van der Waals surface area contributed by atoms with Crippen LogP contribution in [0.5, 0.6) is 0 Å². The number of nitrogens with two attached hydrogens (primary N) is 1. The number of halogens is 2. The number of benzene rings is 1. The summed E-state index contributed by atoms with van der Waals surface area (Å²) in [6.45, 7) is 0.682. The summed E-state index contributed by atoms with van der Waals surface area (Å²) in [7, 11) is 1.50. The molecule has 6 heteroatoms. The van der Waals surface area contributed by atoms with Crippen LogP contribution in [0.2, 0.25) is 10.0 Å². The molecule has 0 aromatic heterocycles. The minimum absolute atomic E-state index is 0.203. The van der Waals surface area contributed by atoms with Crippen LogP contribution in [0.3, 0.4) is 0 Å². The van der Waals surface area contributed by atoms with E-state index in [2.05, 4.69) is 5.32 Å².